The molecule has 2 heterocycles. The molecule has 6 nitrogen and oxygen atoms in total. The third kappa shape index (κ3) is 4.03. The molecule has 0 aliphatic rings. The Balaban J connectivity index is 1.76. The minimum absolute atomic E-state index is 0.0119. The number of hydrogen-bond donors (Lipinski definition) is 2. The van der Waals surface area contributed by atoms with Crippen LogP contribution in [0.4, 0.5) is 0 Å². The second-order valence-electron chi connectivity index (χ2n) is 6.09. The van der Waals surface area contributed by atoms with Crippen molar-refractivity contribution in [3.8, 4) is 11.4 Å². The number of benzene rings is 1. The highest BCUT2D eigenvalue weighted by molar-refractivity contribution is 5.79. The summed E-state index contributed by atoms with van der Waals surface area (Å²) in [5, 5.41) is 2.92. The van der Waals surface area contributed by atoms with Gasteiger partial charge in [0.15, 0.2) is 0 Å². The first-order chi connectivity index (χ1) is 12.5. The van der Waals surface area contributed by atoms with Crippen LogP contribution in [0.3, 0.4) is 0 Å². The Labute approximate surface area is 151 Å². The summed E-state index contributed by atoms with van der Waals surface area (Å²) in [6, 6.07) is 13.1. The minimum Gasteiger partial charge on any atom is -0.349 e. The van der Waals surface area contributed by atoms with Gasteiger partial charge < -0.3 is 10.3 Å². The van der Waals surface area contributed by atoms with Gasteiger partial charge in [-0.2, -0.15) is 0 Å². The summed E-state index contributed by atoms with van der Waals surface area (Å²) in [5.74, 6) is 0.255. The number of aryl methyl sites for hydroxylation is 1. The first-order valence-electron chi connectivity index (χ1n) is 8.39. The molecule has 0 saturated heterocycles. The quantitative estimate of drug-likeness (QED) is 0.742. The van der Waals surface area contributed by atoms with E-state index in [-0.39, 0.29) is 23.9 Å². The van der Waals surface area contributed by atoms with E-state index in [2.05, 4.69) is 20.3 Å². The van der Waals surface area contributed by atoms with Crippen LogP contribution in [0.25, 0.3) is 11.4 Å². The van der Waals surface area contributed by atoms with Crippen molar-refractivity contribution in [2.45, 2.75) is 26.3 Å². The number of carbonyl (C=O) groups is 1. The maximum absolute atomic E-state index is 12.4. The minimum atomic E-state index is -0.299. The van der Waals surface area contributed by atoms with E-state index in [0.29, 0.717) is 17.1 Å². The normalized spacial score (nSPS) is 11.8. The highest BCUT2D eigenvalue weighted by Gasteiger charge is 2.15. The van der Waals surface area contributed by atoms with E-state index < -0.39 is 0 Å². The van der Waals surface area contributed by atoms with Crippen LogP contribution < -0.4 is 10.9 Å². The van der Waals surface area contributed by atoms with Gasteiger partial charge in [0.25, 0.3) is 5.56 Å². The van der Waals surface area contributed by atoms with Gasteiger partial charge in [-0.05, 0) is 31.5 Å². The van der Waals surface area contributed by atoms with Crippen LogP contribution in [0.5, 0.6) is 0 Å². The fraction of sp³-hybridized carbons (Fsp3) is 0.200. The first-order valence-corrected chi connectivity index (χ1v) is 8.39. The lowest BCUT2D eigenvalue weighted by atomic mass is 10.1. The van der Waals surface area contributed by atoms with Gasteiger partial charge in [-0.15, -0.1) is 0 Å². The van der Waals surface area contributed by atoms with Crippen LogP contribution in [0, 0.1) is 6.92 Å². The summed E-state index contributed by atoms with van der Waals surface area (Å²) in [4.78, 5) is 35.9. The number of nitrogens with zero attached hydrogens (tertiary/aromatic N) is 2. The SMILES string of the molecule is Cc1nc(-c2ccncc2)[nH]c(=O)c1CC(=O)NC(C)c1ccccc1. The van der Waals surface area contributed by atoms with E-state index in [4.69, 9.17) is 0 Å². The van der Waals surface area contributed by atoms with Crippen molar-refractivity contribution in [1.82, 2.24) is 20.3 Å². The third-order valence-electron chi connectivity index (χ3n) is 4.19. The molecule has 0 fully saturated rings. The smallest absolute Gasteiger partial charge is 0.255 e. The number of pyridine rings is 1. The van der Waals surface area contributed by atoms with Crippen LogP contribution in [-0.4, -0.2) is 20.9 Å². The number of carbonyl (C=O) groups excluding carboxylic acids is 1. The number of H-pyrrole nitrogens is 1. The average molecular weight is 348 g/mol. The molecule has 1 amide bonds. The fourth-order valence-electron chi connectivity index (χ4n) is 2.74. The Morgan fingerprint density at radius 3 is 2.50 bits per heavy atom. The van der Waals surface area contributed by atoms with E-state index in [0.717, 1.165) is 11.1 Å². The Bertz CT molecular complexity index is 953. The van der Waals surface area contributed by atoms with Crippen LogP contribution in [0.15, 0.2) is 59.7 Å². The van der Waals surface area contributed by atoms with Gasteiger partial charge >= 0.3 is 0 Å². The average Bonchev–Trinajstić information content (AvgIpc) is 2.66. The Morgan fingerprint density at radius 1 is 1.15 bits per heavy atom. The molecule has 1 unspecified atom stereocenters. The molecule has 3 aromatic rings. The van der Waals surface area contributed by atoms with Gasteiger partial charge in [0, 0.05) is 29.2 Å². The molecule has 0 aliphatic carbocycles. The zero-order chi connectivity index (χ0) is 18.5. The largest absolute Gasteiger partial charge is 0.349 e. The second-order valence-corrected chi connectivity index (χ2v) is 6.09. The Kier molecular flexibility index (Phi) is 5.22. The predicted octanol–water partition coefficient (Wildman–Crippen LogP) is 2.56. The van der Waals surface area contributed by atoms with E-state index >= 15 is 0 Å². The van der Waals surface area contributed by atoms with Gasteiger partial charge in [0.05, 0.1) is 12.5 Å². The molecule has 1 aromatic carbocycles. The van der Waals surface area contributed by atoms with Crippen molar-refractivity contribution in [3.63, 3.8) is 0 Å². The standard InChI is InChI=1S/C20H20N4O2/c1-13(15-6-4-3-5-7-15)22-18(25)12-17-14(2)23-19(24-20(17)26)16-8-10-21-11-9-16/h3-11,13H,12H2,1-2H3,(H,22,25)(H,23,24,26). The lowest BCUT2D eigenvalue weighted by Gasteiger charge is -2.14. The molecule has 2 N–H and O–H groups in total. The molecule has 3 rings (SSSR count). The van der Waals surface area contributed by atoms with Crippen LogP contribution in [0.2, 0.25) is 0 Å². The summed E-state index contributed by atoms with van der Waals surface area (Å²) in [5.41, 5.74) is 2.40. The Morgan fingerprint density at radius 2 is 1.85 bits per heavy atom. The van der Waals surface area contributed by atoms with Gasteiger partial charge in [0.1, 0.15) is 5.82 Å². The number of amides is 1. The summed E-state index contributed by atoms with van der Waals surface area (Å²) < 4.78 is 0. The van der Waals surface area contributed by atoms with Gasteiger partial charge in [-0.25, -0.2) is 4.98 Å². The van der Waals surface area contributed by atoms with Gasteiger partial charge in [-0.1, -0.05) is 30.3 Å². The molecule has 0 bridgehead atoms. The molecular weight excluding hydrogens is 328 g/mol. The summed E-state index contributed by atoms with van der Waals surface area (Å²) in [7, 11) is 0. The summed E-state index contributed by atoms with van der Waals surface area (Å²) >= 11 is 0. The van der Waals surface area contributed by atoms with Gasteiger partial charge in [0.2, 0.25) is 5.91 Å². The molecule has 1 atom stereocenters. The molecule has 0 spiro atoms. The van der Waals surface area contributed by atoms with E-state index in [1.54, 1.807) is 31.5 Å². The van der Waals surface area contributed by atoms with E-state index in [1.807, 2.05) is 37.3 Å². The van der Waals surface area contributed by atoms with Crippen molar-refractivity contribution in [2.75, 3.05) is 0 Å². The van der Waals surface area contributed by atoms with Crippen molar-refractivity contribution in [3.05, 3.63) is 82.0 Å². The number of aromatic amines is 1. The number of rotatable bonds is 5. The lowest BCUT2D eigenvalue weighted by Crippen LogP contribution is -2.31. The van der Waals surface area contributed by atoms with Crippen molar-refractivity contribution >= 4 is 5.91 Å². The first kappa shape index (κ1) is 17.5. The molecule has 0 radical (unpaired) electrons. The van der Waals surface area contributed by atoms with Crippen LogP contribution in [-0.2, 0) is 11.2 Å². The summed E-state index contributed by atoms with van der Waals surface area (Å²) in [6.45, 7) is 3.65. The summed E-state index contributed by atoms with van der Waals surface area (Å²) in [6.07, 6.45) is 3.26. The number of nitrogens with one attached hydrogen (secondary N) is 2. The van der Waals surface area contributed by atoms with E-state index in [9.17, 15) is 9.59 Å². The molecule has 132 valence electrons. The lowest BCUT2D eigenvalue weighted by molar-refractivity contribution is -0.121. The third-order valence-corrected chi connectivity index (χ3v) is 4.19. The molecule has 0 aliphatic heterocycles. The Hall–Kier alpha value is -3.28. The van der Waals surface area contributed by atoms with Gasteiger partial charge in [-0.3, -0.25) is 14.6 Å². The zero-order valence-corrected chi connectivity index (χ0v) is 14.7. The van der Waals surface area contributed by atoms with Crippen molar-refractivity contribution in [2.24, 2.45) is 0 Å². The van der Waals surface area contributed by atoms with Crippen LogP contribution in [0.1, 0.15) is 29.8 Å². The molecule has 26 heavy (non-hydrogen) atoms. The monoisotopic (exact) mass is 348 g/mol. The van der Waals surface area contributed by atoms with Crippen molar-refractivity contribution in [1.29, 1.82) is 0 Å². The zero-order valence-electron chi connectivity index (χ0n) is 14.7. The van der Waals surface area contributed by atoms with Crippen LogP contribution >= 0.6 is 0 Å². The van der Waals surface area contributed by atoms with E-state index in [1.165, 1.54) is 0 Å². The second kappa shape index (κ2) is 7.74. The molecule has 6 heteroatoms. The molecule has 0 saturated carbocycles. The predicted molar refractivity (Wildman–Crippen MR) is 99.5 cm³/mol. The maximum Gasteiger partial charge on any atom is 0.255 e. The maximum atomic E-state index is 12.4. The topological polar surface area (TPSA) is 87.7 Å². The fourth-order valence-corrected chi connectivity index (χ4v) is 2.74. The highest BCUT2D eigenvalue weighted by Crippen LogP contribution is 2.14. The molecule has 2 aromatic heterocycles. The van der Waals surface area contributed by atoms with Crippen molar-refractivity contribution < 1.29 is 4.79 Å². The highest BCUT2D eigenvalue weighted by atomic mass is 16.2. The number of aromatic nitrogens is 3. The number of hydrogen-bond acceptors (Lipinski definition) is 4. The molecular formula is C20H20N4O2.